The van der Waals surface area contributed by atoms with Crippen LogP contribution >= 0.6 is 23.4 Å². The number of hydrogen-bond acceptors (Lipinski definition) is 3. The Bertz CT molecular complexity index is 343. The van der Waals surface area contributed by atoms with Gasteiger partial charge >= 0.3 is 0 Å². The maximum Gasteiger partial charge on any atom is 0.0506 e. The summed E-state index contributed by atoms with van der Waals surface area (Å²) >= 11 is 7.88. The zero-order valence-electron chi connectivity index (χ0n) is 8.79. The van der Waals surface area contributed by atoms with Crippen molar-refractivity contribution in [3.05, 3.63) is 23.2 Å². The summed E-state index contributed by atoms with van der Waals surface area (Å²) in [7, 11) is 1.99. The Kier molecular flexibility index (Phi) is 3.78. The molecule has 0 spiro atoms. The van der Waals surface area contributed by atoms with Crippen LogP contribution in [0.2, 0.25) is 5.02 Å². The average Bonchev–Trinajstić information content (AvgIpc) is 2.25. The summed E-state index contributed by atoms with van der Waals surface area (Å²) in [4.78, 5) is 3.73. The third-order valence-electron chi connectivity index (χ3n) is 2.51. The smallest absolute Gasteiger partial charge is 0.0506 e. The van der Waals surface area contributed by atoms with Gasteiger partial charge in [-0.05, 0) is 25.2 Å². The molecule has 0 bridgehead atoms. The molecule has 4 heteroatoms. The van der Waals surface area contributed by atoms with Crippen LogP contribution in [0.15, 0.2) is 23.1 Å². The summed E-state index contributed by atoms with van der Waals surface area (Å²) in [6.07, 6.45) is 0. The van der Waals surface area contributed by atoms with E-state index in [1.807, 2.05) is 24.9 Å². The van der Waals surface area contributed by atoms with E-state index in [4.69, 9.17) is 11.6 Å². The highest BCUT2D eigenvalue weighted by atomic mass is 35.5. The van der Waals surface area contributed by atoms with Gasteiger partial charge in [-0.3, -0.25) is 0 Å². The lowest BCUT2D eigenvalue weighted by molar-refractivity contribution is 0.731. The van der Waals surface area contributed by atoms with Crippen LogP contribution in [0.5, 0.6) is 0 Å². The zero-order valence-corrected chi connectivity index (χ0v) is 10.4. The fraction of sp³-hybridized carbons (Fsp3) is 0.455. The molecular formula is C11H15ClN2S. The van der Waals surface area contributed by atoms with E-state index < -0.39 is 0 Å². The largest absolute Gasteiger partial charge is 0.369 e. The Hall–Kier alpha value is -0.380. The molecule has 0 aromatic heterocycles. The second kappa shape index (κ2) is 5.10. The molecule has 0 atom stereocenters. The summed E-state index contributed by atoms with van der Waals surface area (Å²) in [5.74, 6) is 1.15. The molecule has 1 aromatic carbocycles. The van der Waals surface area contributed by atoms with Gasteiger partial charge in [-0.15, -0.1) is 11.8 Å². The minimum atomic E-state index is 0.830. The van der Waals surface area contributed by atoms with Crippen LogP contribution in [0.25, 0.3) is 0 Å². The van der Waals surface area contributed by atoms with Crippen LogP contribution in [0, 0.1) is 0 Å². The molecule has 0 aliphatic carbocycles. The fourth-order valence-electron chi connectivity index (χ4n) is 1.73. The lowest BCUT2D eigenvalue weighted by Gasteiger charge is -2.30. The minimum absolute atomic E-state index is 0.830. The van der Waals surface area contributed by atoms with Gasteiger partial charge in [-0.1, -0.05) is 11.6 Å². The average molecular weight is 243 g/mol. The first-order valence-electron chi connectivity index (χ1n) is 5.13. The van der Waals surface area contributed by atoms with Crippen LogP contribution in [0.4, 0.5) is 5.69 Å². The normalized spacial score (nSPS) is 15.2. The van der Waals surface area contributed by atoms with Gasteiger partial charge < -0.3 is 10.2 Å². The fourth-order valence-corrected chi connectivity index (χ4v) is 3.05. The maximum absolute atomic E-state index is 5.98. The van der Waals surface area contributed by atoms with Crippen LogP contribution in [-0.2, 0) is 0 Å². The molecule has 0 saturated heterocycles. The predicted octanol–water partition coefficient (Wildman–Crippen LogP) is 2.47. The topological polar surface area (TPSA) is 15.3 Å². The lowest BCUT2D eigenvalue weighted by Crippen LogP contribution is -2.34. The second-order valence-corrected chi connectivity index (χ2v) is 5.12. The SMILES string of the molecule is CNCCN1CCSc2cc(Cl)ccc21. The Morgan fingerprint density at radius 1 is 1.53 bits per heavy atom. The minimum Gasteiger partial charge on any atom is -0.369 e. The third kappa shape index (κ3) is 2.60. The monoisotopic (exact) mass is 242 g/mol. The molecule has 0 saturated carbocycles. The molecule has 2 rings (SSSR count). The second-order valence-electron chi connectivity index (χ2n) is 3.55. The highest BCUT2D eigenvalue weighted by molar-refractivity contribution is 7.99. The number of thioether (sulfide) groups is 1. The molecule has 1 N–H and O–H groups in total. The predicted molar refractivity (Wildman–Crippen MR) is 68.3 cm³/mol. The van der Waals surface area contributed by atoms with Gasteiger partial charge in [0, 0.05) is 35.3 Å². The maximum atomic E-state index is 5.98. The van der Waals surface area contributed by atoms with Gasteiger partial charge in [-0.25, -0.2) is 0 Å². The Labute approximate surface area is 100.0 Å². The van der Waals surface area contributed by atoms with Crippen molar-refractivity contribution in [3.63, 3.8) is 0 Å². The summed E-state index contributed by atoms with van der Waals surface area (Å²) in [5.41, 5.74) is 1.32. The van der Waals surface area contributed by atoms with Crippen LogP contribution < -0.4 is 10.2 Å². The number of fused-ring (bicyclic) bond motifs is 1. The van der Waals surface area contributed by atoms with E-state index in [2.05, 4.69) is 22.3 Å². The number of nitrogens with zero attached hydrogens (tertiary/aromatic N) is 1. The van der Waals surface area contributed by atoms with Crippen molar-refractivity contribution < 1.29 is 0 Å². The number of halogens is 1. The van der Waals surface area contributed by atoms with Gasteiger partial charge in [0.2, 0.25) is 0 Å². The molecule has 1 aliphatic rings. The molecule has 0 fully saturated rings. The first kappa shape index (κ1) is 11.1. The molecule has 0 unspecified atom stereocenters. The van der Waals surface area contributed by atoms with Gasteiger partial charge in [0.25, 0.3) is 0 Å². The van der Waals surface area contributed by atoms with Crippen LogP contribution in [-0.4, -0.2) is 32.4 Å². The summed E-state index contributed by atoms with van der Waals surface area (Å²) in [5, 5.41) is 4.01. The van der Waals surface area contributed by atoms with Crippen molar-refractivity contribution in [3.8, 4) is 0 Å². The van der Waals surface area contributed by atoms with Crippen molar-refractivity contribution in [2.75, 3.05) is 37.3 Å². The van der Waals surface area contributed by atoms with E-state index >= 15 is 0 Å². The molecule has 1 heterocycles. The number of likely N-dealkylation sites (N-methyl/N-ethyl adjacent to an activating group) is 1. The summed E-state index contributed by atoms with van der Waals surface area (Å²) in [6.45, 7) is 3.21. The number of benzene rings is 1. The molecule has 1 aromatic rings. The van der Waals surface area contributed by atoms with Gasteiger partial charge in [-0.2, -0.15) is 0 Å². The zero-order chi connectivity index (χ0) is 10.7. The van der Waals surface area contributed by atoms with Crippen molar-refractivity contribution in [1.82, 2.24) is 5.32 Å². The molecule has 82 valence electrons. The summed E-state index contributed by atoms with van der Waals surface area (Å²) < 4.78 is 0. The van der Waals surface area contributed by atoms with E-state index in [9.17, 15) is 0 Å². The molecule has 2 nitrogen and oxygen atoms in total. The molecule has 1 aliphatic heterocycles. The molecule has 15 heavy (non-hydrogen) atoms. The van der Waals surface area contributed by atoms with Crippen LogP contribution in [0.3, 0.4) is 0 Å². The van der Waals surface area contributed by atoms with Gasteiger partial charge in [0.15, 0.2) is 0 Å². The summed E-state index contributed by atoms with van der Waals surface area (Å²) in [6, 6.07) is 6.16. The van der Waals surface area contributed by atoms with Gasteiger partial charge in [0.1, 0.15) is 0 Å². The number of nitrogens with one attached hydrogen (secondary N) is 1. The van der Waals surface area contributed by atoms with Crippen LogP contribution in [0.1, 0.15) is 0 Å². The van der Waals surface area contributed by atoms with Crippen molar-refractivity contribution in [2.45, 2.75) is 4.90 Å². The van der Waals surface area contributed by atoms with Crippen molar-refractivity contribution in [2.24, 2.45) is 0 Å². The van der Waals surface area contributed by atoms with Crippen molar-refractivity contribution in [1.29, 1.82) is 0 Å². The Balaban J connectivity index is 2.18. The number of anilines is 1. The quantitative estimate of drug-likeness (QED) is 0.877. The van der Waals surface area contributed by atoms with E-state index in [1.165, 1.54) is 10.6 Å². The lowest BCUT2D eigenvalue weighted by atomic mass is 10.2. The molecule has 0 radical (unpaired) electrons. The highest BCUT2D eigenvalue weighted by Crippen LogP contribution is 2.36. The Morgan fingerprint density at radius 3 is 3.20 bits per heavy atom. The standard InChI is InChI=1S/C11H15ClN2S/c1-13-4-5-14-6-7-15-11-8-9(12)2-3-10(11)14/h2-3,8,13H,4-7H2,1H3. The number of rotatable bonds is 3. The third-order valence-corrected chi connectivity index (χ3v) is 3.77. The Morgan fingerprint density at radius 2 is 2.40 bits per heavy atom. The highest BCUT2D eigenvalue weighted by Gasteiger charge is 2.16. The molecule has 0 amide bonds. The first-order valence-corrected chi connectivity index (χ1v) is 6.49. The number of hydrogen-bond donors (Lipinski definition) is 1. The van der Waals surface area contributed by atoms with E-state index in [1.54, 1.807) is 0 Å². The van der Waals surface area contributed by atoms with Gasteiger partial charge in [0.05, 0.1) is 5.69 Å². The first-order chi connectivity index (χ1) is 7.31. The van der Waals surface area contributed by atoms with E-state index in [0.717, 1.165) is 30.4 Å². The van der Waals surface area contributed by atoms with E-state index in [0.29, 0.717) is 0 Å². The molecular weight excluding hydrogens is 228 g/mol. The van der Waals surface area contributed by atoms with Crippen molar-refractivity contribution >= 4 is 29.1 Å². The van der Waals surface area contributed by atoms with E-state index in [-0.39, 0.29) is 0 Å².